The van der Waals surface area contributed by atoms with Crippen molar-refractivity contribution in [1.29, 1.82) is 0 Å². The summed E-state index contributed by atoms with van der Waals surface area (Å²) in [6.45, 7) is 0.686. The molecule has 1 amide bonds. The lowest BCUT2D eigenvalue weighted by atomic mass is 9.99. The van der Waals surface area contributed by atoms with Gasteiger partial charge in [-0.1, -0.05) is 18.2 Å². The second-order valence-electron chi connectivity index (χ2n) is 6.74. The molecule has 2 N–H and O–H groups in total. The van der Waals surface area contributed by atoms with Crippen molar-refractivity contribution in [1.82, 2.24) is 24.8 Å². The predicted octanol–water partition coefficient (Wildman–Crippen LogP) is 3.45. The molecule has 0 aliphatic carbocycles. The Bertz CT molecular complexity index is 1050. The zero-order valence-corrected chi connectivity index (χ0v) is 15.5. The van der Waals surface area contributed by atoms with Crippen LogP contribution >= 0.6 is 11.3 Å². The summed E-state index contributed by atoms with van der Waals surface area (Å²) in [5, 5.41) is 4.10. The van der Waals surface area contributed by atoms with Crippen molar-refractivity contribution < 1.29 is 4.79 Å². The molecule has 6 nitrogen and oxygen atoms in total. The SMILES string of the molecule is O=C(CCc1nccs1)N1CCc2[nH]cnc2[C@H]1c1cc2ccccc2[nH]1. The minimum absolute atomic E-state index is 0.141. The fourth-order valence-corrected chi connectivity index (χ4v) is 4.46. The molecule has 1 aromatic carbocycles. The number of thiazole rings is 1. The summed E-state index contributed by atoms with van der Waals surface area (Å²) in [5.74, 6) is 0.141. The van der Waals surface area contributed by atoms with Gasteiger partial charge in [0.05, 0.1) is 17.0 Å². The number of nitrogens with one attached hydrogen (secondary N) is 2. The number of aromatic nitrogens is 4. The van der Waals surface area contributed by atoms with Crippen molar-refractivity contribution in [2.45, 2.75) is 25.3 Å². The van der Waals surface area contributed by atoms with Gasteiger partial charge < -0.3 is 14.9 Å². The van der Waals surface area contributed by atoms with Crippen molar-refractivity contribution in [2.75, 3.05) is 6.54 Å². The molecule has 4 heterocycles. The molecule has 1 atom stereocenters. The van der Waals surface area contributed by atoms with Gasteiger partial charge in [-0.05, 0) is 17.5 Å². The van der Waals surface area contributed by atoms with Crippen LogP contribution in [0.5, 0.6) is 0 Å². The standard InChI is InChI=1S/C20H19N5OS/c26-18(6-5-17-21-8-10-27-17)25-9-7-15-19(23-12-22-15)20(25)16-11-13-3-1-2-4-14(13)24-16/h1-4,8,10-12,20,24H,5-7,9H2,(H,22,23)/t20-/m1/s1. The number of carbonyl (C=O) groups is 1. The smallest absolute Gasteiger partial charge is 0.223 e. The van der Waals surface area contributed by atoms with Gasteiger partial charge in [0, 0.05) is 54.3 Å². The number of rotatable bonds is 4. The van der Waals surface area contributed by atoms with Crippen molar-refractivity contribution in [2.24, 2.45) is 0 Å². The molecular weight excluding hydrogens is 358 g/mol. The summed E-state index contributed by atoms with van der Waals surface area (Å²) in [5.41, 5.74) is 4.13. The van der Waals surface area contributed by atoms with Crippen molar-refractivity contribution in [3.05, 3.63) is 70.3 Å². The van der Waals surface area contributed by atoms with Gasteiger partial charge in [-0.15, -0.1) is 11.3 Å². The third-order valence-electron chi connectivity index (χ3n) is 5.13. The quantitative estimate of drug-likeness (QED) is 0.572. The molecule has 0 fully saturated rings. The third-order valence-corrected chi connectivity index (χ3v) is 5.97. The summed E-state index contributed by atoms with van der Waals surface area (Å²) < 4.78 is 0. The number of aryl methyl sites for hydroxylation is 1. The maximum Gasteiger partial charge on any atom is 0.223 e. The van der Waals surface area contributed by atoms with E-state index in [2.05, 4.69) is 38.1 Å². The largest absolute Gasteiger partial charge is 0.356 e. The van der Waals surface area contributed by atoms with Crippen LogP contribution < -0.4 is 0 Å². The first-order valence-corrected chi connectivity index (χ1v) is 9.95. The van der Waals surface area contributed by atoms with E-state index in [-0.39, 0.29) is 11.9 Å². The topological polar surface area (TPSA) is 77.7 Å². The van der Waals surface area contributed by atoms with Crippen LogP contribution in [0.3, 0.4) is 0 Å². The van der Waals surface area contributed by atoms with Crippen LogP contribution in [0.1, 0.15) is 34.6 Å². The highest BCUT2D eigenvalue weighted by molar-refractivity contribution is 7.09. The summed E-state index contributed by atoms with van der Waals surface area (Å²) in [6.07, 6.45) is 5.46. The highest BCUT2D eigenvalue weighted by Gasteiger charge is 2.34. The Labute approximate surface area is 160 Å². The number of hydrogen-bond acceptors (Lipinski definition) is 4. The summed E-state index contributed by atoms with van der Waals surface area (Å²) in [7, 11) is 0. The maximum absolute atomic E-state index is 13.1. The molecule has 3 aromatic heterocycles. The van der Waals surface area contributed by atoms with E-state index < -0.39 is 0 Å². The molecule has 1 aliphatic rings. The number of carbonyl (C=O) groups excluding carboxylic acids is 1. The molecule has 4 aromatic rings. The number of hydrogen-bond donors (Lipinski definition) is 2. The normalized spacial score (nSPS) is 16.6. The number of para-hydroxylation sites is 1. The molecule has 0 unspecified atom stereocenters. The van der Waals surface area contributed by atoms with Crippen LogP contribution in [0.2, 0.25) is 0 Å². The van der Waals surface area contributed by atoms with Crippen LogP contribution in [0, 0.1) is 0 Å². The van der Waals surface area contributed by atoms with Crippen LogP contribution in [-0.2, 0) is 17.6 Å². The summed E-state index contributed by atoms with van der Waals surface area (Å²) >= 11 is 1.60. The highest BCUT2D eigenvalue weighted by Crippen LogP contribution is 2.35. The molecule has 0 saturated heterocycles. The molecule has 5 rings (SSSR count). The first kappa shape index (κ1) is 16.3. The zero-order chi connectivity index (χ0) is 18.2. The lowest BCUT2D eigenvalue weighted by Crippen LogP contribution is -2.41. The minimum atomic E-state index is -0.184. The second kappa shape index (κ2) is 6.66. The van der Waals surface area contributed by atoms with Crippen LogP contribution in [0.15, 0.2) is 48.2 Å². The first-order valence-electron chi connectivity index (χ1n) is 9.07. The van der Waals surface area contributed by atoms with Gasteiger partial charge in [0.15, 0.2) is 0 Å². The van der Waals surface area contributed by atoms with E-state index in [0.717, 1.165) is 39.4 Å². The first-order chi connectivity index (χ1) is 13.3. The van der Waals surface area contributed by atoms with Crippen LogP contribution in [0.25, 0.3) is 10.9 Å². The number of imidazole rings is 1. The Balaban J connectivity index is 1.49. The van der Waals surface area contributed by atoms with E-state index in [1.54, 1.807) is 23.9 Å². The summed E-state index contributed by atoms with van der Waals surface area (Å²) in [6, 6.07) is 10.1. The predicted molar refractivity (Wildman–Crippen MR) is 105 cm³/mol. The van der Waals surface area contributed by atoms with Gasteiger partial charge in [0.25, 0.3) is 0 Å². The third kappa shape index (κ3) is 2.94. The van der Waals surface area contributed by atoms with Gasteiger partial charge in [-0.2, -0.15) is 0 Å². The molecule has 1 aliphatic heterocycles. The fraction of sp³-hybridized carbons (Fsp3) is 0.250. The molecule has 0 saturated carbocycles. The lowest BCUT2D eigenvalue weighted by molar-refractivity contribution is -0.133. The second-order valence-corrected chi connectivity index (χ2v) is 7.72. The van der Waals surface area contributed by atoms with Crippen LogP contribution in [-0.4, -0.2) is 37.3 Å². The Hall–Kier alpha value is -2.93. The number of amides is 1. The van der Waals surface area contributed by atoms with Gasteiger partial charge in [-0.25, -0.2) is 9.97 Å². The van der Waals surface area contributed by atoms with E-state index in [0.29, 0.717) is 19.4 Å². The fourth-order valence-electron chi connectivity index (χ4n) is 3.84. The Morgan fingerprint density at radius 1 is 1.30 bits per heavy atom. The molecule has 136 valence electrons. The van der Waals surface area contributed by atoms with Gasteiger partial charge >= 0.3 is 0 Å². The number of nitrogens with zero attached hydrogens (tertiary/aromatic N) is 3. The average Bonchev–Trinajstić information content (AvgIpc) is 3.45. The van der Waals surface area contributed by atoms with Crippen molar-refractivity contribution >= 4 is 28.1 Å². The van der Waals surface area contributed by atoms with E-state index in [1.807, 2.05) is 22.4 Å². The molecule has 7 heteroatoms. The minimum Gasteiger partial charge on any atom is -0.356 e. The lowest BCUT2D eigenvalue weighted by Gasteiger charge is -2.34. The molecule has 0 radical (unpaired) electrons. The number of fused-ring (bicyclic) bond motifs is 2. The molecule has 27 heavy (non-hydrogen) atoms. The average molecular weight is 377 g/mol. The van der Waals surface area contributed by atoms with Gasteiger partial charge in [0.1, 0.15) is 6.04 Å². The highest BCUT2D eigenvalue weighted by atomic mass is 32.1. The molecular formula is C20H19N5OS. The number of benzene rings is 1. The Morgan fingerprint density at radius 3 is 3.07 bits per heavy atom. The van der Waals surface area contributed by atoms with Gasteiger partial charge in [-0.3, -0.25) is 4.79 Å². The maximum atomic E-state index is 13.1. The Morgan fingerprint density at radius 2 is 2.22 bits per heavy atom. The van der Waals surface area contributed by atoms with E-state index in [4.69, 9.17) is 0 Å². The van der Waals surface area contributed by atoms with E-state index >= 15 is 0 Å². The Kier molecular flexibility index (Phi) is 4.01. The van der Waals surface area contributed by atoms with Crippen molar-refractivity contribution in [3.63, 3.8) is 0 Å². The van der Waals surface area contributed by atoms with Crippen LogP contribution in [0.4, 0.5) is 0 Å². The molecule has 0 bridgehead atoms. The van der Waals surface area contributed by atoms with E-state index in [9.17, 15) is 4.79 Å². The van der Waals surface area contributed by atoms with Crippen molar-refractivity contribution in [3.8, 4) is 0 Å². The summed E-state index contributed by atoms with van der Waals surface area (Å²) in [4.78, 5) is 30.6. The number of aromatic amines is 2. The number of H-pyrrole nitrogens is 2. The van der Waals surface area contributed by atoms with E-state index in [1.165, 1.54) is 0 Å². The monoisotopic (exact) mass is 377 g/mol. The molecule has 0 spiro atoms. The van der Waals surface area contributed by atoms with Gasteiger partial charge in [0.2, 0.25) is 5.91 Å². The zero-order valence-electron chi connectivity index (χ0n) is 14.7.